The van der Waals surface area contributed by atoms with Crippen molar-refractivity contribution in [1.29, 1.82) is 0 Å². The van der Waals surface area contributed by atoms with E-state index in [4.69, 9.17) is 42.7 Å². The number of amides is 9. The van der Waals surface area contributed by atoms with Crippen molar-refractivity contribution in [2.24, 2.45) is 35.2 Å². The molecular formula is C78H97N21O17. The van der Waals surface area contributed by atoms with Gasteiger partial charge in [-0.3, -0.25) is 53.1 Å². The third-order valence-electron chi connectivity index (χ3n) is 17.9. The van der Waals surface area contributed by atoms with E-state index in [0.717, 1.165) is 50.4 Å². The first-order valence-corrected chi connectivity index (χ1v) is 37.6. The van der Waals surface area contributed by atoms with Crippen LogP contribution in [0.4, 0.5) is 23.0 Å². The van der Waals surface area contributed by atoms with Gasteiger partial charge >= 0.3 is 0 Å². The number of imidazole rings is 3. The number of nitrogens with one attached hydrogen (secondary N) is 9. The van der Waals surface area contributed by atoms with E-state index in [1.54, 1.807) is 58.4 Å². The van der Waals surface area contributed by atoms with Crippen molar-refractivity contribution in [2.45, 2.75) is 46.1 Å². The van der Waals surface area contributed by atoms with Crippen LogP contribution in [0.3, 0.4) is 0 Å². The number of carbonyl (C=O) groups is 9. The van der Waals surface area contributed by atoms with E-state index in [-0.39, 0.29) is 116 Å². The Labute approximate surface area is 667 Å². The first-order chi connectivity index (χ1) is 56.1. The number of nitrogens with zero attached hydrogens (tertiary/aromatic N) is 12. The molecule has 0 saturated carbocycles. The van der Waals surface area contributed by atoms with Gasteiger partial charge in [0.15, 0.2) is 17.5 Å². The lowest BCUT2D eigenvalue weighted by atomic mass is 10.0. The molecule has 0 spiro atoms. The molecule has 1 aromatic carbocycles. The Morgan fingerprint density at radius 3 is 1.41 bits per heavy atom. The molecule has 9 N–H and O–H groups in total. The van der Waals surface area contributed by atoms with Gasteiger partial charge in [-0.15, -0.1) is 0 Å². The number of hydrogen-bond acceptors (Lipinski definition) is 23. The summed E-state index contributed by atoms with van der Waals surface area (Å²) in [5.41, 5.74) is 8.74. The quantitative estimate of drug-likeness (QED) is 0.0234. The highest BCUT2D eigenvalue weighted by Crippen LogP contribution is 2.37. The summed E-state index contributed by atoms with van der Waals surface area (Å²) in [6.07, 6.45) is 14.5. The zero-order valence-electron chi connectivity index (χ0n) is 65.9. The van der Waals surface area contributed by atoms with Crippen LogP contribution in [0.15, 0.2) is 121 Å². The van der Waals surface area contributed by atoms with Crippen LogP contribution in [0.5, 0.6) is 0 Å². The molecule has 9 heterocycles. The van der Waals surface area contributed by atoms with Crippen molar-refractivity contribution in [3.05, 3.63) is 168 Å². The van der Waals surface area contributed by atoms with Crippen LogP contribution in [0, 0.1) is 13.8 Å². The van der Waals surface area contributed by atoms with Crippen LogP contribution in [-0.2, 0) is 82.8 Å². The van der Waals surface area contributed by atoms with Crippen LogP contribution >= 0.6 is 0 Å². The molecule has 616 valence electrons. The average Bonchev–Trinajstić information content (AvgIpc) is 1.58. The van der Waals surface area contributed by atoms with Crippen molar-refractivity contribution in [2.75, 3.05) is 146 Å². The number of benzene rings is 1. The van der Waals surface area contributed by atoms with E-state index in [1.165, 1.54) is 55.2 Å². The van der Waals surface area contributed by atoms with Gasteiger partial charge in [0.05, 0.1) is 132 Å². The second-order valence-corrected chi connectivity index (χ2v) is 26.6. The Hall–Kier alpha value is -12.6. The monoisotopic (exact) mass is 1600 g/mol. The molecule has 9 amide bonds. The van der Waals surface area contributed by atoms with E-state index in [9.17, 15) is 43.2 Å². The summed E-state index contributed by atoms with van der Waals surface area (Å²) < 4.78 is 54.1. The Balaban J connectivity index is 0.482. The molecule has 0 radical (unpaired) electrons. The van der Waals surface area contributed by atoms with Crippen LogP contribution in [-0.4, -0.2) is 236 Å². The van der Waals surface area contributed by atoms with E-state index >= 15 is 0 Å². The standard InChI is InChI=1S/C78H97N21O17/c1-50-68(52(3)116-93-50)55-41-60-69(86-44-55)58(47-99(60)51(2)59-11-9-10-19-79-59)53-12-14-54(15-13-53)73(103)85-25-28-110-30-32-112-34-36-114-38-40-115-39-37-113-35-33-111-31-29-109-27-24-80-65(100)16-20-84-76(106)71-91-63(48-97(71)7)89-66(101)17-21-83-75(105)62-43-57(46-96(62)6)88-78(108)72-92-64(49-98(72)8)90-67(102)18-22-82-74(104)61-42-56(45-95(61)5)87-77(107)70-81-23-26-94(70)4/h9-15,19,23,26,41-49,51H,16-18,20-22,24-25,27-40H2,1-8H3,(H,80,100)(H,82,104)(H,83,105)(H,84,106)(H,85,103)(H,87,107)(H,88,108)(H,89,101)(H,90,102). The highest BCUT2D eigenvalue weighted by Gasteiger charge is 2.25. The van der Waals surface area contributed by atoms with Gasteiger partial charge in [0, 0.05) is 165 Å². The predicted octanol–water partition coefficient (Wildman–Crippen LogP) is 4.66. The van der Waals surface area contributed by atoms with Crippen molar-refractivity contribution in [1.82, 2.24) is 84.1 Å². The molecule has 0 aliphatic rings. The highest BCUT2D eigenvalue weighted by molar-refractivity contribution is 6.05. The zero-order chi connectivity index (χ0) is 82.5. The van der Waals surface area contributed by atoms with Gasteiger partial charge in [0.1, 0.15) is 17.1 Å². The van der Waals surface area contributed by atoms with Gasteiger partial charge in [-0.1, -0.05) is 23.4 Å². The number of aromatic nitrogens is 12. The summed E-state index contributed by atoms with van der Waals surface area (Å²) in [6, 6.07) is 18.3. The molecule has 0 bridgehead atoms. The molecule has 0 aliphatic heterocycles. The lowest BCUT2D eigenvalue weighted by molar-refractivity contribution is -0.121. The molecule has 38 nitrogen and oxygen atoms in total. The van der Waals surface area contributed by atoms with E-state index in [0.29, 0.717) is 104 Å². The predicted molar refractivity (Wildman–Crippen MR) is 424 cm³/mol. The number of anilines is 4. The van der Waals surface area contributed by atoms with Gasteiger partial charge in [-0.25, -0.2) is 15.0 Å². The number of carbonyl (C=O) groups excluding carboxylic acids is 9. The summed E-state index contributed by atoms with van der Waals surface area (Å²) in [5, 5.41) is 28.4. The second-order valence-electron chi connectivity index (χ2n) is 26.6. The Bertz CT molecular complexity index is 4980. The minimum Gasteiger partial charge on any atom is -0.377 e. The lowest BCUT2D eigenvalue weighted by Crippen LogP contribution is -2.33. The number of fused-ring (bicyclic) bond motifs is 1. The van der Waals surface area contributed by atoms with Gasteiger partial charge in [-0.2, -0.15) is 0 Å². The fraction of sp³-hybridized carbons (Fsp3) is 0.397. The number of ether oxygens (including phenoxy) is 7. The first-order valence-electron chi connectivity index (χ1n) is 37.6. The van der Waals surface area contributed by atoms with Crippen molar-refractivity contribution >= 4 is 87.2 Å². The minimum absolute atomic E-state index is 0.00710. The fourth-order valence-electron chi connectivity index (χ4n) is 12.1. The number of rotatable bonds is 47. The van der Waals surface area contributed by atoms with Crippen LogP contribution in [0.2, 0.25) is 0 Å². The first kappa shape index (κ1) is 85.8. The minimum atomic E-state index is -0.640. The average molecular weight is 1600 g/mol. The van der Waals surface area contributed by atoms with Crippen molar-refractivity contribution in [3.63, 3.8) is 0 Å². The van der Waals surface area contributed by atoms with E-state index < -0.39 is 41.4 Å². The topological polar surface area (TPSA) is 447 Å². The lowest BCUT2D eigenvalue weighted by Gasteiger charge is -2.15. The Morgan fingerprint density at radius 2 is 0.922 bits per heavy atom. The Kier molecular flexibility index (Phi) is 31.9. The summed E-state index contributed by atoms with van der Waals surface area (Å²) in [4.78, 5) is 138. The zero-order valence-corrected chi connectivity index (χ0v) is 65.9. The maximum atomic E-state index is 13.3. The smallest absolute Gasteiger partial charge is 0.291 e. The van der Waals surface area contributed by atoms with Crippen molar-refractivity contribution in [3.8, 4) is 22.3 Å². The summed E-state index contributed by atoms with van der Waals surface area (Å²) in [5.74, 6) is -3.13. The van der Waals surface area contributed by atoms with Crippen LogP contribution in [0.25, 0.3) is 33.3 Å². The Morgan fingerprint density at radius 1 is 0.440 bits per heavy atom. The molecule has 9 aromatic heterocycles. The van der Waals surface area contributed by atoms with Crippen LogP contribution < -0.4 is 47.9 Å². The summed E-state index contributed by atoms with van der Waals surface area (Å²) in [6.45, 7) is 11.5. The number of hydrogen-bond donors (Lipinski definition) is 9. The van der Waals surface area contributed by atoms with Crippen molar-refractivity contribution < 1.29 is 80.8 Å². The van der Waals surface area contributed by atoms with Crippen LogP contribution in [0.1, 0.15) is 113 Å². The van der Waals surface area contributed by atoms with E-state index in [2.05, 4.69) is 96.7 Å². The van der Waals surface area contributed by atoms with Gasteiger partial charge in [-0.05, 0) is 68.8 Å². The normalized spacial score (nSPS) is 11.5. The van der Waals surface area contributed by atoms with Gasteiger partial charge in [0.25, 0.3) is 35.4 Å². The van der Waals surface area contributed by atoms with E-state index in [1.807, 2.05) is 62.5 Å². The molecule has 0 fully saturated rings. The number of pyridine rings is 2. The molecule has 0 saturated heterocycles. The second kappa shape index (κ2) is 43.1. The molecule has 38 heteroatoms. The largest absolute Gasteiger partial charge is 0.377 e. The van der Waals surface area contributed by atoms with Gasteiger partial charge in [0.2, 0.25) is 29.4 Å². The fourth-order valence-corrected chi connectivity index (χ4v) is 12.1. The van der Waals surface area contributed by atoms with Gasteiger partial charge < -0.3 is 113 Å². The molecular weight excluding hydrogens is 1500 g/mol. The molecule has 116 heavy (non-hydrogen) atoms. The summed E-state index contributed by atoms with van der Waals surface area (Å²) in [7, 11) is 8.04. The summed E-state index contributed by atoms with van der Waals surface area (Å²) >= 11 is 0. The molecule has 0 aliphatic carbocycles. The molecule has 1 atom stereocenters. The highest BCUT2D eigenvalue weighted by atomic mass is 16.6. The molecule has 10 aromatic rings. The third kappa shape index (κ3) is 24.7. The molecule has 1 unspecified atom stereocenters. The molecule has 10 rings (SSSR count). The maximum absolute atomic E-state index is 13.3. The maximum Gasteiger partial charge on any atom is 0.291 e. The SMILES string of the molecule is Cc1noc(C)c1-c1cnc2c(-c3ccc(C(=O)NCCOCCOCCOCCOCCOCCOCCOCCNC(=O)CCNC(=O)c4nc(NC(=O)CCNC(=O)c5cc(NC(=O)c6nc(NC(=O)CCNC(=O)c7cc(NC(=O)c8nccn8C)cn7C)cn6C)cn5C)cn4C)cc3)cn(C(C)c3ccccn3)c2c1. The number of aryl methyl sites for hydroxylation is 7. The third-order valence-corrected chi connectivity index (χ3v) is 17.9.